The molecular weight excluding hydrogens is 415 g/mol. The van der Waals surface area contributed by atoms with E-state index in [4.69, 9.17) is 18.9 Å². The van der Waals surface area contributed by atoms with Crippen LogP contribution < -0.4 is 24.3 Å². The molecule has 7 nitrogen and oxygen atoms in total. The molecule has 0 aromatic heterocycles. The first kappa shape index (κ1) is 23.7. The van der Waals surface area contributed by atoms with E-state index in [1.54, 1.807) is 33.5 Å². The van der Waals surface area contributed by atoms with Gasteiger partial charge in [0.2, 0.25) is 11.7 Å². The lowest BCUT2D eigenvalue weighted by Gasteiger charge is -2.26. The van der Waals surface area contributed by atoms with E-state index in [0.29, 0.717) is 49.1 Å². The third-order valence-corrected chi connectivity index (χ3v) is 5.55. The molecule has 1 heterocycles. The zero-order valence-electron chi connectivity index (χ0n) is 18.9. The Labute approximate surface area is 188 Å². The fraction of sp³-hybridized carbons (Fsp3) is 0.458. The third kappa shape index (κ3) is 6.03. The lowest BCUT2D eigenvalue weighted by molar-refractivity contribution is -0.129. The highest BCUT2D eigenvalue weighted by molar-refractivity contribution is 5.78. The van der Waals surface area contributed by atoms with Crippen molar-refractivity contribution >= 4 is 5.91 Å². The van der Waals surface area contributed by atoms with Gasteiger partial charge in [0, 0.05) is 25.6 Å². The lowest BCUT2D eigenvalue weighted by atomic mass is 10.1. The molecular formula is C24H31FN2O5. The molecule has 0 radical (unpaired) electrons. The number of hydrogen-bond acceptors (Lipinski definition) is 6. The van der Waals surface area contributed by atoms with Gasteiger partial charge < -0.3 is 29.2 Å². The van der Waals surface area contributed by atoms with Crippen LogP contribution in [0.1, 0.15) is 24.8 Å². The number of nitrogens with zero attached hydrogens (tertiary/aromatic N) is 1. The average Bonchev–Trinajstić information content (AvgIpc) is 3.15. The van der Waals surface area contributed by atoms with E-state index in [2.05, 4.69) is 5.32 Å². The van der Waals surface area contributed by atoms with Crippen molar-refractivity contribution in [2.45, 2.75) is 31.8 Å². The van der Waals surface area contributed by atoms with Crippen LogP contribution in [0.4, 0.5) is 4.39 Å². The fourth-order valence-corrected chi connectivity index (χ4v) is 3.90. The molecule has 1 aliphatic heterocycles. The topological polar surface area (TPSA) is 69.3 Å². The molecule has 1 saturated heterocycles. The fourth-order valence-electron chi connectivity index (χ4n) is 3.90. The van der Waals surface area contributed by atoms with Crippen LogP contribution in [0.3, 0.4) is 0 Å². The van der Waals surface area contributed by atoms with Gasteiger partial charge in [-0.3, -0.25) is 4.79 Å². The van der Waals surface area contributed by atoms with E-state index < -0.39 is 0 Å². The summed E-state index contributed by atoms with van der Waals surface area (Å²) in [6.45, 7) is 2.43. The Kier molecular flexibility index (Phi) is 8.56. The van der Waals surface area contributed by atoms with Gasteiger partial charge in [-0.25, -0.2) is 4.39 Å². The van der Waals surface area contributed by atoms with Crippen LogP contribution in [0, 0.1) is 5.82 Å². The lowest BCUT2D eigenvalue weighted by Crippen LogP contribution is -2.35. The molecule has 3 rings (SSSR count). The van der Waals surface area contributed by atoms with E-state index in [-0.39, 0.29) is 17.8 Å². The Morgan fingerprint density at radius 2 is 1.72 bits per heavy atom. The summed E-state index contributed by atoms with van der Waals surface area (Å²) in [4.78, 5) is 14.4. The zero-order valence-corrected chi connectivity index (χ0v) is 18.9. The second-order valence-corrected chi connectivity index (χ2v) is 7.59. The number of methoxy groups -OCH3 is 3. The second kappa shape index (κ2) is 11.6. The standard InChI is InChI=1S/C24H31FN2O5/c1-29-21-14-17(15-22(30-2)24(21)31-3)16-27-19(6-9-23(27)28)10-11-26-12-13-32-20-7-4-18(25)5-8-20/h4-5,7-8,14-15,19,26H,6,9-13,16H2,1-3H3/t19-/m0/s1. The van der Waals surface area contributed by atoms with Crippen LogP contribution in [-0.2, 0) is 11.3 Å². The number of halogens is 1. The second-order valence-electron chi connectivity index (χ2n) is 7.59. The zero-order chi connectivity index (χ0) is 22.9. The minimum absolute atomic E-state index is 0.156. The van der Waals surface area contributed by atoms with E-state index >= 15 is 0 Å². The van der Waals surface area contributed by atoms with Crippen LogP contribution in [0.15, 0.2) is 36.4 Å². The minimum Gasteiger partial charge on any atom is -0.493 e. The van der Waals surface area contributed by atoms with E-state index in [1.165, 1.54) is 12.1 Å². The molecule has 0 unspecified atom stereocenters. The summed E-state index contributed by atoms with van der Waals surface area (Å²) in [5.41, 5.74) is 0.931. The van der Waals surface area contributed by atoms with Gasteiger partial charge in [-0.1, -0.05) is 0 Å². The summed E-state index contributed by atoms with van der Waals surface area (Å²) < 4.78 is 34.7. The molecule has 0 spiro atoms. The Bertz CT molecular complexity index is 865. The largest absolute Gasteiger partial charge is 0.493 e. The molecule has 2 aromatic carbocycles. The van der Waals surface area contributed by atoms with E-state index in [1.807, 2.05) is 17.0 Å². The summed E-state index contributed by atoms with van der Waals surface area (Å²) in [5, 5.41) is 3.35. The molecule has 8 heteroatoms. The Morgan fingerprint density at radius 1 is 1.03 bits per heavy atom. The number of carbonyl (C=O) groups is 1. The molecule has 1 atom stereocenters. The van der Waals surface area contributed by atoms with Gasteiger partial charge in [0.25, 0.3) is 0 Å². The molecule has 1 fully saturated rings. The number of hydrogen-bond donors (Lipinski definition) is 1. The maximum Gasteiger partial charge on any atom is 0.223 e. The number of rotatable bonds is 12. The van der Waals surface area contributed by atoms with Crippen molar-refractivity contribution in [3.63, 3.8) is 0 Å². The summed E-state index contributed by atoms with van der Waals surface area (Å²) >= 11 is 0. The Morgan fingerprint density at radius 3 is 2.34 bits per heavy atom. The molecule has 32 heavy (non-hydrogen) atoms. The van der Waals surface area contributed by atoms with Crippen molar-refractivity contribution in [1.29, 1.82) is 0 Å². The monoisotopic (exact) mass is 446 g/mol. The number of carbonyl (C=O) groups excluding carboxylic acids is 1. The Balaban J connectivity index is 1.49. The summed E-state index contributed by atoms with van der Waals surface area (Å²) in [7, 11) is 4.73. The SMILES string of the molecule is COc1cc(CN2C(=O)CC[C@H]2CCNCCOc2ccc(F)cc2)cc(OC)c1OC. The van der Waals surface area contributed by atoms with E-state index in [0.717, 1.165) is 24.9 Å². The van der Waals surface area contributed by atoms with Gasteiger partial charge in [0.1, 0.15) is 18.2 Å². The van der Waals surface area contributed by atoms with Crippen LogP contribution in [0.2, 0.25) is 0 Å². The van der Waals surface area contributed by atoms with Gasteiger partial charge in [-0.15, -0.1) is 0 Å². The summed E-state index contributed by atoms with van der Waals surface area (Å²) in [5.74, 6) is 2.21. The Hall–Kier alpha value is -3.00. The van der Waals surface area contributed by atoms with Crippen molar-refractivity contribution < 1.29 is 28.1 Å². The van der Waals surface area contributed by atoms with E-state index in [9.17, 15) is 9.18 Å². The summed E-state index contributed by atoms with van der Waals surface area (Å²) in [6.07, 6.45) is 2.26. The number of amides is 1. The highest BCUT2D eigenvalue weighted by atomic mass is 19.1. The van der Waals surface area contributed by atoms with Crippen molar-refractivity contribution in [2.75, 3.05) is 41.0 Å². The molecule has 1 aliphatic rings. The highest BCUT2D eigenvalue weighted by Gasteiger charge is 2.30. The van der Waals surface area contributed by atoms with Gasteiger partial charge in [-0.05, 0) is 61.3 Å². The van der Waals surface area contributed by atoms with Crippen molar-refractivity contribution in [3.8, 4) is 23.0 Å². The van der Waals surface area contributed by atoms with Crippen LogP contribution in [0.5, 0.6) is 23.0 Å². The predicted molar refractivity (Wildman–Crippen MR) is 119 cm³/mol. The smallest absolute Gasteiger partial charge is 0.223 e. The summed E-state index contributed by atoms with van der Waals surface area (Å²) in [6, 6.07) is 9.92. The van der Waals surface area contributed by atoms with Gasteiger partial charge in [0.05, 0.1) is 21.3 Å². The van der Waals surface area contributed by atoms with Crippen LogP contribution >= 0.6 is 0 Å². The van der Waals surface area contributed by atoms with Crippen LogP contribution in [0.25, 0.3) is 0 Å². The average molecular weight is 447 g/mol. The molecule has 0 bridgehead atoms. The van der Waals surface area contributed by atoms with Gasteiger partial charge in [0.15, 0.2) is 11.5 Å². The maximum atomic E-state index is 12.9. The van der Waals surface area contributed by atoms with Crippen molar-refractivity contribution in [1.82, 2.24) is 10.2 Å². The van der Waals surface area contributed by atoms with Gasteiger partial charge in [-0.2, -0.15) is 0 Å². The third-order valence-electron chi connectivity index (χ3n) is 5.55. The van der Waals surface area contributed by atoms with Crippen molar-refractivity contribution in [3.05, 3.63) is 47.8 Å². The maximum absolute atomic E-state index is 12.9. The minimum atomic E-state index is -0.280. The quantitative estimate of drug-likeness (QED) is 0.504. The number of likely N-dealkylation sites (tertiary alicyclic amines) is 1. The van der Waals surface area contributed by atoms with Crippen molar-refractivity contribution in [2.24, 2.45) is 0 Å². The molecule has 2 aromatic rings. The number of benzene rings is 2. The van der Waals surface area contributed by atoms with Gasteiger partial charge >= 0.3 is 0 Å². The first-order chi connectivity index (χ1) is 15.5. The predicted octanol–water partition coefficient (Wildman–Crippen LogP) is 3.40. The molecule has 0 saturated carbocycles. The molecule has 1 N–H and O–H groups in total. The normalized spacial score (nSPS) is 15.7. The number of nitrogens with one attached hydrogen (secondary N) is 1. The highest BCUT2D eigenvalue weighted by Crippen LogP contribution is 2.39. The molecule has 174 valence electrons. The molecule has 0 aliphatic carbocycles. The first-order valence-electron chi connectivity index (χ1n) is 10.7. The number of ether oxygens (including phenoxy) is 4. The van der Waals surface area contributed by atoms with Crippen LogP contribution in [-0.4, -0.2) is 57.9 Å². The first-order valence-corrected chi connectivity index (χ1v) is 10.7. The molecule has 1 amide bonds.